The van der Waals surface area contributed by atoms with Crippen LogP contribution in [-0.4, -0.2) is 10.9 Å². The van der Waals surface area contributed by atoms with E-state index in [4.69, 9.17) is 0 Å². The molecule has 3 rings (SSSR count). The lowest BCUT2D eigenvalue weighted by Crippen LogP contribution is -2.23. The molecule has 1 aliphatic carbocycles. The zero-order valence-corrected chi connectivity index (χ0v) is 14.3. The molecule has 0 unspecified atom stereocenters. The average molecular weight is 328 g/mol. The van der Waals surface area contributed by atoms with Gasteiger partial charge in [-0.2, -0.15) is 11.3 Å². The van der Waals surface area contributed by atoms with E-state index in [1.807, 2.05) is 12.4 Å². The van der Waals surface area contributed by atoms with Crippen molar-refractivity contribution in [2.45, 2.75) is 51.5 Å². The molecule has 2 heterocycles. The first-order valence-electron chi connectivity index (χ1n) is 8.54. The fraction of sp³-hybridized carbons (Fsp3) is 0.474. The van der Waals surface area contributed by atoms with E-state index in [1.54, 1.807) is 11.3 Å². The molecule has 0 saturated heterocycles. The third-order valence-electron chi connectivity index (χ3n) is 4.64. The van der Waals surface area contributed by atoms with Gasteiger partial charge in [0.25, 0.3) is 0 Å². The average Bonchev–Trinajstić information content (AvgIpc) is 3.14. The molecular formula is C19H24N2OS. The van der Waals surface area contributed by atoms with Crippen molar-refractivity contribution in [2.24, 2.45) is 5.92 Å². The van der Waals surface area contributed by atoms with Gasteiger partial charge in [-0.05, 0) is 46.4 Å². The number of hydrogen-bond donors (Lipinski definition) is 1. The van der Waals surface area contributed by atoms with Gasteiger partial charge in [0.05, 0.1) is 0 Å². The van der Waals surface area contributed by atoms with E-state index in [9.17, 15) is 4.79 Å². The predicted molar refractivity (Wildman–Crippen MR) is 95.2 cm³/mol. The summed E-state index contributed by atoms with van der Waals surface area (Å²) in [7, 11) is 0. The van der Waals surface area contributed by atoms with Crippen LogP contribution in [0, 0.1) is 5.92 Å². The number of aromatic nitrogens is 1. The molecule has 1 amide bonds. The van der Waals surface area contributed by atoms with Gasteiger partial charge in [0.2, 0.25) is 5.91 Å². The number of pyridine rings is 1. The topological polar surface area (TPSA) is 42.0 Å². The van der Waals surface area contributed by atoms with Crippen molar-refractivity contribution in [2.75, 3.05) is 0 Å². The van der Waals surface area contributed by atoms with Crippen molar-refractivity contribution in [3.05, 3.63) is 40.8 Å². The summed E-state index contributed by atoms with van der Waals surface area (Å²) in [4.78, 5) is 16.3. The lowest BCUT2D eigenvalue weighted by atomic mass is 9.86. The summed E-state index contributed by atoms with van der Waals surface area (Å²) < 4.78 is 0. The maximum Gasteiger partial charge on any atom is 0.220 e. The van der Waals surface area contributed by atoms with Gasteiger partial charge in [-0.1, -0.05) is 32.1 Å². The van der Waals surface area contributed by atoms with Crippen molar-refractivity contribution in [3.63, 3.8) is 0 Å². The van der Waals surface area contributed by atoms with Crippen molar-refractivity contribution < 1.29 is 4.79 Å². The van der Waals surface area contributed by atoms with Gasteiger partial charge in [-0.15, -0.1) is 0 Å². The van der Waals surface area contributed by atoms with Gasteiger partial charge in [0, 0.05) is 30.9 Å². The van der Waals surface area contributed by atoms with Gasteiger partial charge < -0.3 is 5.32 Å². The monoisotopic (exact) mass is 328 g/mol. The van der Waals surface area contributed by atoms with Crippen LogP contribution in [0.4, 0.5) is 0 Å². The number of nitrogens with zero attached hydrogens (tertiary/aromatic N) is 1. The fourth-order valence-electron chi connectivity index (χ4n) is 3.27. The first-order valence-corrected chi connectivity index (χ1v) is 9.49. The Morgan fingerprint density at radius 1 is 1.22 bits per heavy atom. The van der Waals surface area contributed by atoms with Crippen LogP contribution in [0.5, 0.6) is 0 Å². The Hall–Kier alpha value is -1.68. The first-order chi connectivity index (χ1) is 11.3. The van der Waals surface area contributed by atoms with E-state index in [2.05, 4.69) is 33.2 Å². The molecule has 0 aliphatic heterocycles. The second kappa shape index (κ2) is 8.25. The molecule has 0 spiro atoms. The molecule has 2 aromatic rings. The van der Waals surface area contributed by atoms with E-state index in [0.29, 0.717) is 13.0 Å². The largest absolute Gasteiger partial charge is 0.352 e. The Morgan fingerprint density at radius 3 is 2.87 bits per heavy atom. The molecular weight excluding hydrogens is 304 g/mol. The molecule has 1 aliphatic rings. The van der Waals surface area contributed by atoms with Crippen LogP contribution >= 0.6 is 11.3 Å². The number of thiophene rings is 1. The number of amides is 1. The fourth-order valence-corrected chi connectivity index (χ4v) is 3.94. The quantitative estimate of drug-likeness (QED) is 0.828. The molecule has 1 N–H and O–H groups in total. The van der Waals surface area contributed by atoms with E-state index < -0.39 is 0 Å². The van der Waals surface area contributed by atoms with E-state index in [1.165, 1.54) is 37.7 Å². The normalized spacial score (nSPS) is 15.5. The van der Waals surface area contributed by atoms with E-state index in [0.717, 1.165) is 23.5 Å². The lowest BCUT2D eigenvalue weighted by Gasteiger charge is -2.20. The summed E-state index contributed by atoms with van der Waals surface area (Å²) in [5.74, 6) is 0.926. The van der Waals surface area contributed by atoms with E-state index >= 15 is 0 Å². The molecule has 1 saturated carbocycles. The molecule has 0 atom stereocenters. The number of carbonyl (C=O) groups is 1. The Kier molecular flexibility index (Phi) is 5.81. The summed E-state index contributed by atoms with van der Waals surface area (Å²) in [6.07, 6.45) is 12.1. The first kappa shape index (κ1) is 16.2. The highest BCUT2D eigenvalue weighted by atomic mass is 32.1. The number of nitrogens with one attached hydrogen (secondary N) is 1. The molecule has 2 aromatic heterocycles. The van der Waals surface area contributed by atoms with Gasteiger partial charge in [0.1, 0.15) is 0 Å². The predicted octanol–water partition coefficient (Wildman–Crippen LogP) is 4.79. The Morgan fingerprint density at radius 2 is 2.09 bits per heavy atom. The third kappa shape index (κ3) is 4.90. The molecule has 3 nitrogen and oxygen atoms in total. The zero-order chi connectivity index (χ0) is 15.9. The SMILES string of the molecule is O=C(CCC1CCCCC1)NCc1cncc(-c2ccsc2)c1. The number of rotatable bonds is 6. The summed E-state index contributed by atoms with van der Waals surface area (Å²) >= 11 is 1.68. The molecule has 23 heavy (non-hydrogen) atoms. The number of hydrogen-bond acceptors (Lipinski definition) is 3. The molecule has 122 valence electrons. The summed E-state index contributed by atoms with van der Waals surface area (Å²) in [6, 6.07) is 4.20. The second-order valence-electron chi connectivity index (χ2n) is 6.41. The maximum atomic E-state index is 12.0. The molecule has 0 bridgehead atoms. The molecule has 0 aromatic carbocycles. The molecule has 0 radical (unpaired) electrons. The minimum absolute atomic E-state index is 0.163. The highest BCUT2D eigenvalue weighted by molar-refractivity contribution is 7.08. The summed E-state index contributed by atoms with van der Waals surface area (Å²) in [6.45, 7) is 0.564. The van der Waals surface area contributed by atoms with Crippen LogP contribution in [0.15, 0.2) is 35.3 Å². The Bertz CT molecular complexity index is 618. The van der Waals surface area contributed by atoms with Gasteiger partial charge in [-0.25, -0.2) is 0 Å². The van der Waals surface area contributed by atoms with Crippen LogP contribution in [0.3, 0.4) is 0 Å². The Labute approximate surface area is 142 Å². The minimum Gasteiger partial charge on any atom is -0.352 e. The highest BCUT2D eigenvalue weighted by Gasteiger charge is 2.14. The third-order valence-corrected chi connectivity index (χ3v) is 5.33. The van der Waals surface area contributed by atoms with Gasteiger partial charge >= 0.3 is 0 Å². The smallest absolute Gasteiger partial charge is 0.220 e. The van der Waals surface area contributed by atoms with Crippen LogP contribution in [0.1, 0.15) is 50.5 Å². The van der Waals surface area contributed by atoms with Crippen LogP contribution in [0.2, 0.25) is 0 Å². The highest BCUT2D eigenvalue weighted by Crippen LogP contribution is 2.27. The van der Waals surface area contributed by atoms with Crippen molar-refractivity contribution >= 4 is 17.2 Å². The molecule has 4 heteroatoms. The zero-order valence-electron chi connectivity index (χ0n) is 13.5. The van der Waals surface area contributed by atoms with Crippen molar-refractivity contribution in [1.29, 1.82) is 0 Å². The van der Waals surface area contributed by atoms with Crippen molar-refractivity contribution in [1.82, 2.24) is 10.3 Å². The van der Waals surface area contributed by atoms with Crippen molar-refractivity contribution in [3.8, 4) is 11.1 Å². The van der Waals surface area contributed by atoms with Crippen LogP contribution < -0.4 is 5.32 Å². The molecule has 1 fully saturated rings. The van der Waals surface area contributed by atoms with Crippen LogP contribution in [-0.2, 0) is 11.3 Å². The maximum absolute atomic E-state index is 12.0. The lowest BCUT2D eigenvalue weighted by molar-refractivity contribution is -0.121. The summed E-state index contributed by atoms with van der Waals surface area (Å²) in [5, 5.41) is 7.21. The standard InChI is InChI=1S/C19H24N2OS/c22-19(7-6-15-4-2-1-3-5-15)21-12-16-10-18(13-20-11-16)17-8-9-23-14-17/h8-11,13-15H,1-7,12H2,(H,21,22). The minimum atomic E-state index is 0.163. The van der Waals surface area contributed by atoms with Gasteiger partial charge in [0.15, 0.2) is 0 Å². The van der Waals surface area contributed by atoms with E-state index in [-0.39, 0.29) is 5.91 Å². The van der Waals surface area contributed by atoms with Crippen LogP contribution in [0.25, 0.3) is 11.1 Å². The summed E-state index contributed by atoms with van der Waals surface area (Å²) in [5.41, 5.74) is 3.35. The second-order valence-corrected chi connectivity index (χ2v) is 7.19. The Balaban J connectivity index is 1.46. The van der Waals surface area contributed by atoms with Gasteiger partial charge in [-0.3, -0.25) is 9.78 Å². The number of carbonyl (C=O) groups excluding carboxylic acids is 1.